The van der Waals surface area contributed by atoms with Gasteiger partial charge in [-0.2, -0.15) is 0 Å². The zero-order valence-electron chi connectivity index (χ0n) is 30.3. The van der Waals surface area contributed by atoms with Crippen LogP contribution in [0.2, 0.25) is 0 Å². The molecule has 0 bridgehead atoms. The first kappa shape index (κ1) is 44.2. The van der Waals surface area contributed by atoms with Crippen LogP contribution in [0.25, 0.3) is 0 Å². The highest BCUT2D eigenvalue weighted by Crippen LogP contribution is 2.23. The van der Waals surface area contributed by atoms with Gasteiger partial charge in [-0.3, -0.25) is 4.79 Å². The van der Waals surface area contributed by atoms with E-state index >= 15 is 0 Å². The standard InChI is InChI=1S/C38H75NO8/c1-3-5-7-9-11-13-15-16-17-18-20-22-24-26-28-34(42)39-31(30-46-38-37(45)36(44)35(43)33(29-40)47-38)32(41)27-25-23-21-19-14-12-10-8-6-4-2/h31-33,35-38,40-41,43-45H,3-30H2,1-2H3,(H,39,42)/t31-,32+,33-,35-,36?,37?,38-/m0/s1. The Morgan fingerprint density at radius 3 is 1.51 bits per heavy atom. The van der Waals surface area contributed by atoms with Gasteiger partial charge in [-0.15, -0.1) is 0 Å². The Morgan fingerprint density at radius 1 is 0.638 bits per heavy atom. The molecule has 0 saturated carbocycles. The van der Waals surface area contributed by atoms with Crippen molar-refractivity contribution in [3.05, 3.63) is 0 Å². The van der Waals surface area contributed by atoms with Crippen molar-refractivity contribution in [1.82, 2.24) is 5.32 Å². The van der Waals surface area contributed by atoms with Gasteiger partial charge in [0.05, 0.1) is 25.4 Å². The van der Waals surface area contributed by atoms with Crippen molar-refractivity contribution in [2.45, 2.75) is 224 Å². The minimum Gasteiger partial charge on any atom is -0.394 e. The first-order valence-corrected chi connectivity index (χ1v) is 19.7. The van der Waals surface area contributed by atoms with Crippen molar-refractivity contribution in [3.8, 4) is 0 Å². The lowest BCUT2D eigenvalue weighted by Gasteiger charge is -2.40. The zero-order valence-corrected chi connectivity index (χ0v) is 30.3. The molecule has 1 aliphatic rings. The number of rotatable bonds is 32. The minimum atomic E-state index is -1.55. The molecule has 2 unspecified atom stereocenters. The number of unbranched alkanes of at least 4 members (excludes halogenated alkanes) is 22. The summed E-state index contributed by atoms with van der Waals surface area (Å²) in [6, 6.07) is -0.708. The molecule has 47 heavy (non-hydrogen) atoms. The van der Waals surface area contributed by atoms with Crippen LogP contribution >= 0.6 is 0 Å². The number of carbonyl (C=O) groups excluding carboxylic acids is 1. The van der Waals surface area contributed by atoms with Gasteiger partial charge in [0.2, 0.25) is 5.91 Å². The van der Waals surface area contributed by atoms with Crippen molar-refractivity contribution in [2.24, 2.45) is 0 Å². The first-order chi connectivity index (χ1) is 22.8. The Labute approximate surface area is 287 Å². The van der Waals surface area contributed by atoms with Crippen LogP contribution in [0.3, 0.4) is 0 Å². The molecule has 0 aromatic carbocycles. The average molecular weight is 674 g/mol. The molecule has 0 aromatic heterocycles. The molecule has 0 spiro atoms. The summed E-state index contributed by atoms with van der Waals surface area (Å²) >= 11 is 0. The maximum absolute atomic E-state index is 12.9. The second-order valence-electron chi connectivity index (χ2n) is 14.1. The third-order valence-corrected chi connectivity index (χ3v) is 9.71. The monoisotopic (exact) mass is 674 g/mol. The van der Waals surface area contributed by atoms with E-state index in [9.17, 15) is 30.3 Å². The summed E-state index contributed by atoms with van der Waals surface area (Å²) in [6.45, 7) is 3.80. The summed E-state index contributed by atoms with van der Waals surface area (Å²) in [7, 11) is 0. The third kappa shape index (κ3) is 21.8. The molecule has 9 heteroatoms. The van der Waals surface area contributed by atoms with Crippen LogP contribution in [0.15, 0.2) is 0 Å². The van der Waals surface area contributed by atoms with E-state index in [0.717, 1.165) is 38.5 Å². The highest BCUT2D eigenvalue weighted by atomic mass is 16.7. The fourth-order valence-corrected chi connectivity index (χ4v) is 6.45. The van der Waals surface area contributed by atoms with E-state index in [-0.39, 0.29) is 12.5 Å². The van der Waals surface area contributed by atoms with Gasteiger partial charge in [-0.05, 0) is 12.8 Å². The van der Waals surface area contributed by atoms with Crippen LogP contribution in [0.1, 0.15) is 181 Å². The molecule has 6 N–H and O–H groups in total. The minimum absolute atomic E-state index is 0.133. The number of aliphatic hydroxyl groups excluding tert-OH is 5. The van der Waals surface area contributed by atoms with E-state index in [0.29, 0.717) is 12.8 Å². The highest BCUT2D eigenvalue weighted by Gasteiger charge is 2.44. The molecule has 1 rings (SSSR count). The molecular formula is C38H75NO8. The summed E-state index contributed by atoms with van der Waals surface area (Å²) in [5, 5.41) is 54.0. The van der Waals surface area contributed by atoms with E-state index in [1.54, 1.807) is 0 Å². The van der Waals surface area contributed by atoms with E-state index in [1.807, 2.05) is 0 Å². The number of carbonyl (C=O) groups is 1. The van der Waals surface area contributed by atoms with Crippen LogP contribution in [-0.2, 0) is 14.3 Å². The van der Waals surface area contributed by atoms with Crippen LogP contribution < -0.4 is 5.32 Å². The summed E-state index contributed by atoms with van der Waals surface area (Å²) < 4.78 is 11.2. The van der Waals surface area contributed by atoms with Crippen molar-refractivity contribution >= 4 is 5.91 Å². The fourth-order valence-electron chi connectivity index (χ4n) is 6.45. The second-order valence-corrected chi connectivity index (χ2v) is 14.1. The Balaban J connectivity index is 2.39. The number of ether oxygens (including phenoxy) is 2. The lowest BCUT2D eigenvalue weighted by molar-refractivity contribution is -0.302. The smallest absolute Gasteiger partial charge is 0.220 e. The Bertz CT molecular complexity index is 711. The Hall–Kier alpha value is -0.810. The van der Waals surface area contributed by atoms with Crippen molar-refractivity contribution < 1.29 is 39.8 Å². The molecule has 7 atom stereocenters. The predicted octanol–water partition coefficient (Wildman–Crippen LogP) is 6.83. The van der Waals surface area contributed by atoms with Gasteiger partial charge < -0.3 is 40.3 Å². The molecule has 0 aromatic rings. The molecular weight excluding hydrogens is 598 g/mol. The zero-order chi connectivity index (χ0) is 34.5. The molecule has 1 heterocycles. The Morgan fingerprint density at radius 2 is 1.06 bits per heavy atom. The Kier molecular flexibility index (Phi) is 28.3. The maximum Gasteiger partial charge on any atom is 0.220 e. The molecule has 1 amide bonds. The first-order valence-electron chi connectivity index (χ1n) is 19.7. The summed E-state index contributed by atoms with van der Waals surface area (Å²) in [5.74, 6) is -0.145. The van der Waals surface area contributed by atoms with Gasteiger partial charge in [0.1, 0.15) is 24.4 Å². The molecule has 1 aliphatic heterocycles. The van der Waals surface area contributed by atoms with Crippen molar-refractivity contribution in [1.29, 1.82) is 0 Å². The van der Waals surface area contributed by atoms with Gasteiger partial charge in [0, 0.05) is 6.42 Å². The normalized spacial score (nSPS) is 22.7. The van der Waals surface area contributed by atoms with Crippen LogP contribution in [0.4, 0.5) is 0 Å². The number of aliphatic hydroxyl groups is 5. The van der Waals surface area contributed by atoms with Crippen LogP contribution in [-0.4, -0.2) is 87.5 Å². The van der Waals surface area contributed by atoms with E-state index in [1.165, 1.54) is 116 Å². The van der Waals surface area contributed by atoms with Gasteiger partial charge in [0.25, 0.3) is 0 Å². The van der Waals surface area contributed by atoms with E-state index < -0.39 is 49.5 Å². The highest BCUT2D eigenvalue weighted by molar-refractivity contribution is 5.76. The maximum atomic E-state index is 12.9. The average Bonchev–Trinajstić information content (AvgIpc) is 3.07. The number of nitrogens with one attached hydrogen (secondary N) is 1. The number of hydrogen-bond donors (Lipinski definition) is 6. The van der Waals surface area contributed by atoms with Gasteiger partial charge >= 0.3 is 0 Å². The molecule has 9 nitrogen and oxygen atoms in total. The molecule has 1 saturated heterocycles. The van der Waals surface area contributed by atoms with Crippen LogP contribution in [0.5, 0.6) is 0 Å². The topological polar surface area (TPSA) is 149 Å². The van der Waals surface area contributed by atoms with Gasteiger partial charge in [-0.1, -0.05) is 162 Å². The lowest BCUT2D eigenvalue weighted by atomic mass is 9.99. The largest absolute Gasteiger partial charge is 0.394 e. The van der Waals surface area contributed by atoms with Crippen molar-refractivity contribution in [3.63, 3.8) is 0 Å². The summed E-state index contributed by atoms with van der Waals surface area (Å²) in [4.78, 5) is 12.9. The molecule has 1 fully saturated rings. The quantitative estimate of drug-likeness (QED) is 0.0426. The third-order valence-electron chi connectivity index (χ3n) is 9.71. The van der Waals surface area contributed by atoms with E-state index in [4.69, 9.17) is 9.47 Å². The molecule has 0 aliphatic carbocycles. The lowest BCUT2D eigenvalue weighted by Crippen LogP contribution is -2.60. The number of hydrogen-bond acceptors (Lipinski definition) is 8. The second kappa shape index (κ2) is 30.1. The predicted molar refractivity (Wildman–Crippen MR) is 189 cm³/mol. The molecule has 0 radical (unpaired) electrons. The van der Waals surface area contributed by atoms with Gasteiger partial charge in [0.15, 0.2) is 6.29 Å². The fraction of sp³-hybridized carbons (Fsp3) is 0.974. The number of amides is 1. The SMILES string of the molecule is CCCCCCCCCCCCCCCCC(=O)N[C@@H](CO[C@H]1O[C@@H](CO)[C@H](O)C(O)C1O)[C@H](O)CCCCCCCCCCCC. The van der Waals surface area contributed by atoms with Crippen molar-refractivity contribution in [2.75, 3.05) is 13.2 Å². The van der Waals surface area contributed by atoms with Gasteiger partial charge in [-0.25, -0.2) is 0 Å². The molecule has 280 valence electrons. The summed E-state index contributed by atoms with van der Waals surface area (Å²) in [5.41, 5.74) is 0. The van der Waals surface area contributed by atoms with E-state index in [2.05, 4.69) is 19.2 Å². The van der Waals surface area contributed by atoms with Crippen LogP contribution in [0, 0.1) is 0 Å². The summed E-state index contributed by atoms with van der Waals surface area (Å²) in [6.07, 6.45) is 22.5.